The average molecular weight is 354 g/mol. The van der Waals surface area contributed by atoms with E-state index in [4.69, 9.17) is 5.73 Å². The van der Waals surface area contributed by atoms with Gasteiger partial charge in [0, 0.05) is 6.04 Å². The summed E-state index contributed by atoms with van der Waals surface area (Å²) >= 11 is 3.08. The molecule has 2 aromatic carbocycles. The van der Waals surface area contributed by atoms with Crippen LogP contribution in [0.4, 0.5) is 8.78 Å². The summed E-state index contributed by atoms with van der Waals surface area (Å²) < 4.78 is 26.8. The van der Waals surface area contributed by atoms with E-state index in [-0.39, 0.29) is 10.5 Å². The number of halogens is 3. The van der Waals surface area contributed by atoms with Gasteiger partial charge in [0.15, 0.2) is 11.6 Å². The van der Waals surface area contributed by atoms with Crippen LogP contribution in [0.15, 0.2) is 40.9 Å². The summed E-state index contributed by atoms with van der Waals surface area (Å²) in [5.41, 5.74) is 9.03. The first kappa shape index (κ1) is 16.1. The first-order valence-electron chi connectivity index (χ1n) is 6.88. The fourth-order valence-corrected chi connectivity index (χ4v) is 2.85. The average Bonchev–Trinajstić information content (AvgIpc) is 2.45. The van der Waals surface area contributed by atoms with E-state index in [1.165, 1.54) is 11.6 Å². The molecule has 21 heavy (non-hydrogen) atoms. The Morgan fingerprint density at radius 2 is 1.67 bits per heavy atom. The molecule has 2 N–H and O–H groups in total. The van der Waals surface area contributed by atoms with Crippen molar-refractivity contribution in [1.82, 2.24) is 0 Å². The lowest BCUT2D eigenvalue weighted by Gasteiger charge is -2.15. The topological polar surface area (TPSA) is 26.0 Å². The SMILES string of the molecule is CC(C)c1ccc(CC(N)c2ccc(F)c(F)c2Br)cc1. The summed E-state index contributed by atoms with van der Waals surface area (Å²) in [5.74, 6) is -1.29. The zero-order valence-electron chi connectivity index (χ0n) is 12.0. The Bertz CT molecular complexity index is 623. The molecule has 0 bridgehead atoms. The van der Waals surface area contributed by atoms with Crippen LogP contribution in [0.1, 0.15) is 42.5 Å². The lowest BCUT2D eigenvalue weighted by atomic mass is 9.96. The smallest absolute Gasteiger partial charge is 0.173 e. The van der Waals surface area contributed by atoms with Crippen molar-refractivity contribution in [2.75, 3.05) is 0 Å². The fourth-order valence-electron chi connectivity index (χ4n) is 2.23. The molecule has 2 aromatic rings. The third-order valence-electron chi connectivity index (χ3n) is 3.57. The molecule has 0 amide bonds. The number of hydrogen-bond donors (Lipinski definition) is 1. The van der Waals surface area contributed by atoms with Gasteiger partial charge in [0.25, 0.3) is 0 Å². The van der Waals surface area contributed by atoms with Gasteiger partial charge >= 0.3 is 0 Å². The molecule has 0 fully saturated rings. The van der Waals surface area contributed by atoms with E-state index < -0.39 is 11.6 Å². The maximum Gasteiger partial charge on any atom is 0.173 e. The standard InChI is InChI=1S/C17H18BrF2N/c1-10(2)12-5-3-11(4-6-12)9-15(21)13-7-8-14(19)17(20)16(13)18/h3-8,10,15H,9,21H2,1-2H3. The monoisotopic (exact) mass is 353 g/mol. The second-order valence-electron chi connectivity index (χ2n) is 5.47. The van der Waals surface area contributed by atoms with Gasteiger partial charge in [-0.1, -0.05) is 44.2 Å². The van der Waals surface area contributed by atoms with Crippen LogP contribution in [-0.2, 0) is 6.42 Å². The maximum absolute atomic E-state index is 13.6. The van der Waals surface area contributed by atoms with Crippen molar-refractivity contribution in [3.63, 3.8) is 0 Å². The molecule has 0 saturated carbocycles. The van der Waals surface area contributed by atoms with Crippen molar-refractivity contribution in [3.05, 3.63) is 69.2 Å². The minimum Gasteiger partial charge on any atom is -0.324 e. The van der Waals surface area contributed by atoms with Crippen LogP contribution < -0.4 is 5.73 Å². The Hall–Kier alpha value is -1.26. The summed E-state index contributed by atoms with van der Waals surface area (Å²) in [6.45, 7) is 4.28. The van der Waals surface area contributed by atoms with Gasteiger partial charge in [-0.2, -0.15) is 0 Å². The summed E-state index contributed by atoms with van der Waals surface area (Å²) in [4.78, 5) is 0. The Balaban J connectivity index is 2.18. The van der Waals surface area contributed by atoms with E-state index in [1.54, 1.807) is 0 Å². The van der Waals surface area contributed by atoms with Gasteiger partial charge in [-0.05, 0) is 51.0 Å². The lowest BCUT2D eigenvalue weighted by molar-refractivity contribution is 0.500. The van der Waals surface area contributed by atoms with E-state index in [1.807, 2.05) is 12.1 Å². The van der Waals surface area contributed by atoms with Gasteiger partial charge in [-0.3, -0.25) is 0 Å². The highest BCUT2D eigenvalue weighted by Crippen LogP contribution is 2.28. The van der Waals surface area contributed by atoms with Gasteiger partial charge in [0.05, 0.1) is 4.47 Å². The van der Waals surface area contributed by atoms with E-state index in [0.29, 0.717) is 17.9 Å². The molecular weight excluding hydrogens is 336 g/mol. The Morgan fingerprint density at radius 3 is 2.24 bits per heavy atom. The van der Waals surface area contributed by atoms with Crippen LogP contribution in [-0.4, -0.2) is 0 Å². The quantitative estimate of drug-likeness (QED) is 0.760. The van der Waals surface area contributed by atoms with Crippen molar-refractivity contribution in [1.29, 1.82) is 0 Å². The fraction of sp³-hybridized carbons (Fsp3) is 0.294. The molecule has 112 valence electrons. The van der Waals surface area contributed by atoms with Crippen molar-refractivity contribution in [2.45, 2.75) is 32.2 Å². The molecule has 4 heteroatoms. The summed E-state index contributed by atoms with van der Waals surface area (Å²) in [6, 6.07) is 10.5. The predicted octanol–water partition coefficient (Wildman–Crippen LogP) is 5.09. The molecule has 0 aliphatic heterocycles. The van der Waals surface area contributed by atoms with Crippen LogP contribution in [0.5, 0.6) is 0 Å². The minimum absolute atomic E-state index is 0.105. The largest absolute Gasteiger partial charge is 0.324 e. The van der Waals surface area contributed by atoms with Gasteiger partial charge in [0.1, 0.15) is 0 Å². The first-order valence-corrected chi connectivity index (χ1v) is 7.67. The predicted molar refractivity (Wildman–Crippen MR) is 85.2 cm³/mol. The highest BCUT2D eigenvalue weighted by molar-refractivity contribution is 9.10. The number of rotatable bonds is 4. The van der Waals surface area contributed by atoms with Crippen molar-refractivity contribution in [2.24, 2.45) is 5.73 Å². The number of nitrogens with two attached hydrogens (primary N) is 1. The van der Waals surface area contributed by atoms with Gasteiger partial charge in [-0.25, -0.2) is 8.78 Å². The van der Waals surface area contributed by atoms with Gasteiger partial charge < -0.3 is 5.73 Å². The van der Waals surface area contributed by atoms with E-state index in [0.717, 1.165) is 11.6 Å². The van der Waals surface area contributed by atoms with E-state index in [2.05, 4.69) is 41.9 Å². The van der Waals surface area contributed by atoms with Crippen molar-refractivity contribution >= 4 is 15.9 Å². The second-order valence-corrected chi connectivity index (χ2v) is 6.26. The molecule has 1 atom stereocenters. The molecule has 1 unspecified atom stereocenters. The van der Waals surface area contributed by atoms with Crippen molar-refractivity contribution < 1.29 is 8.78 Å². The minimum atomic E-state index is -0.891. The summed E-state index contributed by atoms with van der Waals surface area (Å²) in [5, 5.41) is 0. The van der Waals surface area contributed by atoms with Crippen LogP contribution >= 0.6 is 15.9 Å². The highest BCUT2D eigenvalue weighted by atomic mass is 79.9. The first-order chi connectivity index (χ1) is 9.90. The molecule has 0 radical (unpaired) electrons. The van der Waals surface area contributed by atoms with Crippen LogP contribution in [0, 0.1) is 11.6 Å². The molecule has 0 saturated heterocycles. The molecular formula is C17H18BrF2N. The normalized spacial score (nSPS) is 12.7. The molecule has 0 spiro atoms. The van der Waals surface area contributed by atoms with Gasteiger partial charge in [-0.15, -0.1) is 0 Å². The Morgan fingerprint density at radius 1 is 1.05 bits per heavy atom. The molecule has 0 aliphatic carbocycles. The van der Waals surface area contributed by atoms with Crippen molar-refractivity contribution in [3.8, 4) is 0 Å². The van der Waals surface area contributed by atoms with E-state index >= 15 is 0 Å². The van der Waals surface area contributed by atoms with Crippen LogP contribution in [0.2, 0.25) is 0 Å². The number of benzene rings is 2. The third kappa shape index (κ3) is 3.69. The third-order valence-corrected chi connectivity index (χ3v) is 4.37. The highest BCUT2D eigenvalue weighted by Gasteiger charge is 2.16. The molecule has 0 aliphatic rings. The Labute approximate surface area is 132 Å². The number of hydrogen-bond acceptors (Lipinski definition) is 1. The molecule has 2 rings (SSSR count). The second kappa shape index (κ2) is 6.67. The van der Waals surface area contributed by atoms with E-state index in [9.17, 15) is 8.78 Å². The van der Waals surface area contributed by atoms with Gasteiger partial charge in [0.2, 0.25) is 0 Å². The Kier molecular flexibility index (Phi) is 5.12. The van der Waals surface area contributed by atoms with Crippen LogP contribution in [0.3, 0.4) is 0 Å². The molecule has 0 heterocycles. The van der Waals surface area contributed by atoms with Crippen LogP contribution in [0.25, 0.3) is 0 Å². The lowest BCUT2D eigenvalue weighted by Crippen LogP contribution is -2.15. The molecule has 0 aromatic heterocycles. The summed E-state index contributed by atoms with van der Waals surface area (Å²) in [7, 11) is 0. The zero-order chi connectivity index (χ0) is 15.6. The maximum atomic E-state index is 13.6. The molecule has 1 nitrogen and oxygen atoms in total. The zero-order valence-corrected chi connectivity index (χ0v) is 13.6. The summed E-state index contributed by atoms with van der Waals surface area (Å²) in [6.07, 6.45) is 0.571.